The number of benzene rings is 1. The maximum Gasteiger partial charge on any atom is 0.123 e. The Labute approximate surface area is 83.2 Å². The van der Waals surface area contributed by atoms with Crippen LogP contribution >= 0.6 is 0 Å². The quantitative estimate of drug-likeness (QED) is 0.741. The molecule has 2 N–H and O–H groups in total. The summed E-state index contributed by atoms with van der Waals surface area (Å²) in [5, 5.41) is 6.50. The summed E-state index contributed by atoms with van der Waals surface area (Å²) in [6.45, 7) is 3.50. The third-order valence-electron chi connectivity index (χ3n) is 2.52. The minimum absolute atomic E-state index is 0.164. The van der Waals surface area contributed by atoms with E-state index < -0.39 is 0 Å². The van der Waals surface area contributed by atoms with Crippen LogP contribution in [0.4, 0.5) is 4.39 Å². The molecule has 0 amide bonds. The third kappa shape index (κ3) is 2.30. The lowest BCUT2D eigenvalue weighted by Crippen LogP contribution is -2.34. The highest BCUT2D eigenvalue weighted by molar-refractivity contribution is 5.23. The molecule has 0 saturated heterocycles. The van der Waals surface area contributed by atoms with Gasteiger partial charge >= 0.3 is 0 Å². The zero-order valence-corrected chi connectivity index (χ0v) is 7.86. The van der Waals surface area contributed by atoms with Crippen molar-refractivity contribution in [1.29, 1.82) is 5.26 Å². The van der Waals surface area contributed by atoms with E-state index in [-0.39, 0.29) is 5.82 Å². The van der Waals surface area contributed by atoms with Gasteiger partial charge in [0.05, 0.1) is 0 Å². The van der Waals surface area contributed by atoms with Crippen molar-refractivity contribution in [2.24, 2.45) is 5.73 Å². The van der Waals surface area contributed by atoms with Crippen LogP contribution in [0.2, 0.25) is 0 Å². The molecule has 2 nitrogen and oxygen atoms in total. The van der Waals surface area contributed by atoms with E-state index in [1.54, 1.807) is 0 Å². The van der Waals surface area contributed by atoms with Crippen LogP contribution in [-0.2, 0) is 0 Å². The molecular formula is C11H13FN2. The van der Waals surface area contributed by atoms with Gasteiger partial charge in [-0.05, 0) is 36.5 Å². The fourth-order valence-electron chi connectivity index (χ4n) is 1.67. The van der Waals surface area contributed by atoms with Gasteiger partial charge in [0, 0.05) is 12.6 Å². The Hall–Kier alpha value is -1.40. The second kappa shape index (κ2) is 4.73. The second-order valence-corrected chi connectivity index (χ2v) is 3.48. The highest BCUT2D eigenvalue weighted by atomic mass is 19.1. The average Bonchev–Trinajstić information content (AvgIpc) is 2.18. The van der Waals surface area contributed by atoms with Gasteiger partial charge in [0.1, 0.15) is 5.82 Å². The zero-order chi connectivity index (χ0) is 10.6. The fraction of sp³-hybridized carbons (Fsp3) is 0.364. The molecule has 3 heteroatoms. The van der Waals surface area contributed by atoms with Crippen LogP contribution in [0.25, 0.3) is 0 Å². The Morgan fingerprint density at radius 2 is 1.71 bits per heavy atom. The van der Waals surface area contributed by atoms with Gasteiger partial charge in [-0.3, -0.25) is 0 Å². The molecule has 1 aromatic carbocycles. The van der Waals surface area contributed by atoms with Crippen LogP contribution in [-0.4, -0.2) is 6.04 Å². The molecule has 1 saturated carbocycles. The molecule has 0 atom stereocenters. The summed E-state index contributed by atoms with van der Waals surface area (Å²) in [4.78, 5) is 0. The van der Waals surface area contributed by atoms with Crippen molar-refractivity contribution < 1.29 is 4.39 Å². The second-order valence-electron chi connectivity index (χ2n) is 3.48. The molecule has 0 spiro atoms. The maximum atomic E-state index is 12.5. The van der Waals surface area contributed by atoms with Gasteiger partial charge < -0.3 is 5.73 Å². The number of hydrogen-bond acceptors (Lipinski definition) is 2. The summed E-state index contributed by atoms with van der Waals surface area (Å²) in [6, 6.07) is 7.09. The van der Waals surface area contributed by atoms with Crippen LogP contribution in [0, 0.1) is 17.7 Å². The van der Waals surface area contributed by atoms with Gasteiger partial charge in [-0.1, -0.05) is 12.1 Å². The first-order valence-corrected chi connectivity index (χ1v) is 4.52. The molecule has 0 radical (unpaired) electrons. The van der Waals surface area contributed by atoms with Gasteiger partial charge in [0.2, 0.25) is 0 Å². The van der Waals surface area contributed by atoms with Gasteiger partial charge in [0.25, 0.3) is 0 Å². The summed E-state index contributed by atoms with van der Waals surface area (Å²) in [5.74, 6) is 0.406. The van der Waals surface area contributed by atoms with Gasteiger partial charge in [-0.2, -0.15) is 0 Å². The van der Waals surface area contributed by atoms with E-state index in [9.17, 15) is 4.39 Å². The number of nitriles is 1. The van der Waals surface area contributed by atoms with Gasteiger partial charge in [-0.25, -0.2) is 9.65 Å². The predicted octanol–water partition coefficient (Wildman–Crippen LogP) is 2.17. The lowest BCUT2D eigenvalue weighted by atomic mass is 9.76. The topological polar surface area (TPSA) is 49.8 Å². The monoisotopic (exact) mass is 192 g/mol. The Bertz CT molecular complexity index is 299. The number of halogens is 1. The Morgan fingerprint density at radius 3 is 2.14 bits per heavy atom. The van der Waals surface area contributed by atoms with Crippen LogP contribution in [0.5, 0.6) is 0 Å². The zero-order valence-electron chi connectivity index (χ0n) is 7.86. The molecule has 0 bridgehead atoms. The standard InChI is InChI=1S/C10H12FN.CHN/c11-9-3-1-7(2-4-9)8-5-10(12)6-8;1-2/h1-4,8,10H,5-6,12H2;1H/t8-,10-;. The average molecular weight is 192 g/mol. The number of nitrogens with two attached hydrogens (primary N) is 1. The smallest absolute Gasteiger partial charge is 0.123 e. The minimum Gasteiger partial charge on any atom is -0.328 e. The molecule has 0 unspecified atom stereocenters. The SMILES string of the molecule is C#N.N[C@H]1C[C@H](c2ccc(F)cc2)C1. The molecular weight excluding hydrogens is 179 g/mol. The fourth-order valence-corrected chi connectivity index (χ4v) is 1.67. The van der Waals surface area contributed by atoms with Crippen LogP contribution in [0.3, 0.4) is 0 Å². The first-order chi connectivity index (χ1) is 6.75. The first-order valence-electron chi connectivity index (χ1n) is 4.52. The summed E-state index contributed by atoms with van der Waals surface area (Å²) in [5.41, 5.74) is 6.88. The highest BCUT2D eigenvalue weighted by Gasteiger charge is 2.26. The van der Waals surface area contributed by atoms with E-state index >= 15 is 0 Å². The van der Waals surface area contributed by atoms with E-state index in [0.717, 1.165) is 12.8 Å². The van der Waals surface area contributed by atoms with Gasteiger partial charge in [-0.15, -0.1) is 0 Å². The largest absolute Gasteiger partial charge is 0.328 e. The van der Waals surface area contributed by atoms with Crippen LogP contribution < -0.4 is 5.73 Å². The molecule has 1 aliphatic rings. The van der Waals surface area contributed by atoms with E-state index in [0.29, 0.717) is 12.0 Å². The molecule has 2 rings (SSSR count). The number of rotatable bonds is 1. The normalized spacial score (nSPS) is 24.3. The lowest BCUT2D eigenvalue weighted by molar-refractivity contribution is 0.351. The van der Waals surface area contributed by atoms with Crippen molar-refractivity contribution in [3.63, 3.8) is 0 Å². The van der Waals surface area contributed by atoms with Crippen molar-refractivity contribution in [2.45, 2.75) is 24.8 Å². The van der Waals surface area contributed by atoms with Crippen molar-refractivity contribution >= 4 is 0 Å². The van der Waals surface area contributed by atoms with Crippen LogP contribution in [0.1, 0.15) is 24.3 Å². The van der Waals surface area contributed by atoms with Crippen molar-refractivity contribution in [1.82, 2.24) is 0 Å². The molecule has 0 aromatic heterocycles. The molecule has 1 fully saturated rings. The third-order valence-corrected chi connectivity index (χ3v) is 2.52. The van der Waals surface area contributed by atoms with E-state index in [2.05, 4.69) is 6.57 Å². The summed E-state index contributed by atoms with van der Waals surface area (Å²) < 4.78 is 12.5. The summed E-state index contributed by atoms with van der Waals surface area (Å²) in [6.07, 6.45) is 2.09. The molecule has 0 aliphatic heterocycles. The predicted molar refractivity (Wildman–Crippen MR) is 53.0 cm³/mol. The van der Waals surface area contributed by atoms with Gasteiger partial charge in [0.15, 0.2) is 0 Å². The van der Waals surface area contributed by atoms with E-state index in [1.807, 2.05) is 12.1 Å². The maximum absolute atomic E-state index is 12.5. The summed E-state index contributed by atoms with van der Waals surface area (Å²) in [7, 11) is 0. The molecule has 74 valence electrons. The molecule has 0 heterocycles. The minimum atomic E-state index is -0.164. The van der Waals surface area contributed by atoms with Crippen LogP contribution in [0.15, 0.2) is 24.3 Å². The lowest BCUT2D eigenvalue weighted by Gasteiger charge is -2.32. The Morgan fingerprint density at radius 1 is 1.21 bits per heavy atom. The highest BCUT2D eigenvalue weighted by Crippen LogP contribution is 2.35. The number of nitrogens with zero attached hydrogens (tertiary/aromatic N) is 1. The molecule has 1 aromatic rings. The van der Waals surface area contributed by atoms with Crippen molar-refractivity contribution in [3.8, 4) is 6.57 Å². The molecule has 1 aliphatic carbocycles. The summed E-state index contributed by atoms with van der Waals surface area (Å²) >= 11 is 0. The van der Waals surface area contributed by atoms with Crippen molar-refractivity contribution in [2.75, 3.05) is 0 Å². The Balaban J connectivity index is 0.000000461. The molecule has 14 heavy (non-hydrogen) atoms. The number of hydrogen-bond donors (Lipinski definition) is 1. The Kier molecular flexibility index (Phi) is 3.61. The van der Waals surface area contributed by atoms with E-state index in [1.165, 1.54) is 17.7 Å². The van der Waals surface area contributed by atoms with E-state index in [4.69, 9.17) is 11.0 Å². The van der Waals surface area contributed by atoms with Crippen molar-refractivity contribution in [3.05, 3.63) is 35.6 Å². The first kappa shape index (κ1) is 10.7.